The number of nitrogens with two attached hydrogens (primary N) is 1. The van der Waals surface area contributed by atoms with Gasteiger partial charge >= 0.3 is 0 Å². The SMILES string of the molecule is Cc1ccc(C(N)Cc2nc(C(C)(C)C)cs2)s1. The molecule has 0 spiro atoms. The Hall–Kier alpha value is -0.710. The molecule has 18 heavy (non-hydrogen) atoms. The van der Waals surface area contributed by atoms with Crippen LogP contribution in [0.3, 0.4) is 0 Å². The molecule has 2 aromatic rings. The fraction of sp³-hybridized carbons (Fsp3) is 0.500. The van der Waals surface area contributed by atoms with Crippen LogP contribution in [-0.4, -0.2) is 4.98 Å². The van der Waals surface area contributed by atoms with Crippen LogP contribution in [0.25, 0.3) is 0 Å². The van der Waals surface area contributed by atoms with Crippen molar-refractivity contribution in [3.05, 3.63) is 38.0 Å². The van der Waals surface area contributed by atoms with Crippen LogP contribution in [0, 0.1) is 6.92 Å². The highest BCUT2D eigenvalue weighted by molar-refractivity contribution is 7.12. The molecular formula is C14H20N2S2. The van der Waals surface area contributed by atoms with Crippen molar-refractivity contribution in [1.82, 2.24) is 4.98 Å². The number of aryl methyl sites for hydroxylation is 1. The standard InChI is InChI=1S/C14H20N2S2/c1-9-5-6-11(18-9)10(15)7-13-16-12(8-17-13)14(2,3)4/h5-6,8,10H,7,15H2,1-4H3. The largest absolute Gasteiger partial charge is 0.323 e. The highest BCUT2D eigenvalue weighted by Gasteiger charge is 2.18. The van der Waals surface area contributed by atoms with Gasteiger partial charge in [-0.15, -0.1) is 22.7 Å². The number of thiazole rings is 1. The summed E-state index contributed by atoms with van der Waals surface area (Å²) in [7, 11) is 0. The van der Waals surface area contributed by atoms with Crippen LogP contribution in [0.1, 0.15) is 47.3 Å². The zero-order valence-corrected chi connectivity index (χ0v) is 13.0. The molecule has 2 heterocycles. The highest BCUT2D eigenvalue weighted by atomic mass is 32.1. The molecule has 0 aliphatic carbocycles. The maximum absolute atomic E-state index is 6.24. The summed E-state index contributed by atoms with van der Waals surface area (Å²) in [5.41, 5.74) is 7.52. The lowest BCUT2D eigenvalue weighted by atomic mass is 9.93. The Morgan fingerprint density at radius 3 is 2.56 bits per heavy atom. The molecule has 2 nitrogen and oxygen atoms in total. The zero-order valence-electron chi connectivity index (χ0n) is 11.4. The van der Waals surface area contributed by atoms with Crippen molar-refractivity contribution < 1.29 is 0 Å². The molecule has 0 aliphatic rings. The summed E-state index contributed by atoms with van der Waals surface area (Å²) in [6.07, 6.45) is 0.834. The molecule has 2 rings (SSSR count). The Morgan fingerprint density at radius 1 is 1.33 bits per heavy atom. The van der Waals surface area contributed by atoms with Crippen molar-refractivity contribution in [2.75, 3.05) is 0 Å². The van der Waals surface area contributed by atoms with E-state index in [-0.39, 0.29) is 11.5 Å². The summed E-state index contributed by atoms with van der Waals surface area (Å²) >= 11 is 3.50. The van der Waals surface area contributed by atoms with E-state index in [9.17, 15) is 0 Å². The van der Waals surface area contributed by atoms with Gasteiger partial charge in [-0.25, -0.2) is 4.98 Å². The fourth-order valence-electron chi connectivity index (χ4n) is 1.69. The van der Waals surface area contributed by atoms with Gasteiger partial charge < -0.3 is 5.73 Å². The molecule has 0 bridgehead atoms. The quantitative estimate of drug-likeness (QED) is 0.921. The van der Waals surface area contributed by atoms with Crippen molar-refractivity contribution in [1.29, 1.82) is 0 Å². The van der Waals surface area contributed by atoms with Gasteiger partial charge in [0.2, 0.25) is 0 Å². The molecule has 98 valence electrons. The molecule has 4 heteroatoms. The van der Waals surface area contributed by atoms with E-state index in [1.165, 1.54) is 9.75 Å². The monoisotopic (exact) mass is 280 g/mol. The van der Waals surface area contributed by atoms with Crippen molar-refractivity contribution >= 4 is 22.7 Å². The van der Waals surface area contributed by atoms with E-state index in [1.54, 1.807) is 22.7 Å². The molecule has 2 N–H and O–H groups in total. The van der Waals surface area contributed by atoms with Gasteiger partial charge in [0.15, 0.2) is 0 Å². The fourth-order valence-corrected chi connectivity index (χ4v) is 3.65. The van der Waals surface area contributed by atoms with Gasteiger partial charge in [0, 0.05) is 33.0 Å². The first-order valence-electron chi connectivity index (χ1n) is 6.13. The number of rotatable bonds is 3. The van der Waals surface area contributed by atoms with E-state index < -0.39 is 0 Å². The Labute approximate surface area is 117 Å². The van der Waals surface area contributed by atoms with E-state index >= 15 is 0 Å². The average Bonchev–Trinajstić information content (AvgIpc) is 2.85. The summed E-state index contributed by atoms with van der Waals surface area (Å²) in [5, 5.41) is 3.29. The Kier molecular flexibility index (Phi) is 3.90. The lowest BCUT2D eigenvalue weighted by molar-refractivity contribution is 0.569. The number of hydrogen-bond donors (Lipinski definition) is 1. The minimum absolute atomic E-state index is 0.0719. The van der Waals surface area contributed by atoms with Crippen molar-refractivity contribution in [3.8, 4) is 0 Å². The minimum Gasteiger partial charge on any atom is -0.323 e. The van der Waals surface area contributed by atoms with Gasteiger partial charge in [0.25, 0.3) is 0 Å². The van der Waals surface area contributed by atoms with Crippen LogP contribution >= 0.6 is 22.7 Å². The van der Waals surface area contributed by atoms with E-state index in [0.29, 0.717) is 0 Å². The predicted octanol–water partition coefficient (Wildman–Crippen LogP) is 4.05. The second-order valence-electron chi connectivity index (χ2n) is 5.64. The number of nitrogens with zero attached hydrogens (tertiary/aromatic N) is 1. The van der Waals surface area contributed by atoms with E-state index in [1.807, 2.05) is 0 Å². The van der Waals surface area contributed by atoms with Crippen LogP contribution in [0.2, 0.25) is 0 Å². The maximum Gasteiger partial charge on any atom is 0.0947 e. The van der Waals surface area contributed by atoms with E-state index in [2.05, 4.69) is 45.2 Å². The Morgan fingerprint density at radius 2 is 2.06 bits per heavy atom. The lowest BCUT2D eigenvalue weighted by Gasteiger charge is -2.14. The highest BCUT2D eigenvalue weighted by Crippen LogP contribution is 2.28. The maximum atomic E-state index is 6.24. The molecular weight excluding hydrogens is 260 g/mol. The summed E-state index contributed by atoms with van der Waals surface area (Å²) in [4.78, 5) is 7.26. The van der Waals surface area contributed by atoms with Gasteiger partial charge in [-0.2, -0.15) is 0 Å². The third-order valence-electron chi connectivity index (χ3n) is 2.84. The third-order valence-corrected chi connectivity index (χ3v) is 4.85. The van der Waals surface area contributed by atoms with Crippen LogP contribution in [0.15, 0.2) is 17.5 Å². The molecule has 0 amide bonds. The molecule has 1 unspecified atom stereocenters. The molecule has 0 saturated carbocycles. The molecule has 0 saturated heterocycles. The lowest BCUT2D eigenvalue weighted by Crippen LogP contribution is -2.14. The van der Waals surface area contributed by atoms with Crippen LogP contribution in [0.4, 0.5) is 0 Å². The van der Waals surface area contributed by atoms with Gasteiger partial charge in [-0.3, -0.25) is 0 Å². The van der Waals surface area contributed by atoms with Crippen molar-refractivity contribution in [2.24, 2.45) is 5.73 Å². The first-order valence-corrected chi connectivity index (χ1v) is 7.82. The smallest absolute Gasteiger partial charge is 0.0947 e. The molecule has 0 aromatic carbocycles. The second kappa shape index (κ2) is 5.11. The molecule has 0 fully saturated rings. The summed E-state index contributed by atoms with van der Waals surface area (Å²) < 4.78 is 0. The number of aromatic nitrogens is 1. The van der Waals surface area contributed by atoms with Crippen molar-refractivity contribution in [2.45, 2.75) is 45.6 Å². The van der Waals surface area contributed by atoms with E-state index in [4.69, 9.17) is 10.7 Å². The minimum atomic E-state index is 0.0719. The molecule has 2 aromatic heterocycles. The Bertz CT molecular complexity index is 520. The Balaban J connectivity index is 2.08. The van der Waals surface area contributed by atoms with Crippen LogP contribution in [0.5, 0.6) is 0 Å². The van der Waals surface area contributed by atoms with Gasteiger partial charge in [0.05, 0.1) is 10.7 Å². The first-order chi connectivity index (χ1) is 8.36. The summed E-state index contributed by atoms with van der Waals surface area (Å²) in [6.45, 7) is 8.68. The normalized spacial score (nSPS) is 13.8. The van der Waals surface area contributed by atoms with Gasteiger partial charge in [-0.1, -0.05) is 20.8 Å². The number of thiophene rings is 1. The molecule has 0 aliphatic heterocycles. The molecule has 0 radical (unpaired) electrons. The molecule has 1 atom stereocenters. The van der Waals surface area contributed by atoms with E-state index in [0.717, 1.165) is 17.1 Å². The third kappa shape index (κ3) is 3.19. The van der Waals surface area contributed by atoms with Crippen LogP contribution < -0.4 is 5.73 Å². The van der Waals surface area contributed by atoms with Crippen molar-refractivity contribution in [3.63, 3.8) is 0 Å². The number of hydrogen-bond acceptors (Lipinski definition) is 4. The van der Waals surface area contributed by atoms with Gasteiger partial charge in [0.1, 0.15) is 0 Å². The summed E-state index contributed by atoms with van der Waals surface area (Å²) in [5.74, 6) is 0. The van der Waals surface area contributed by atoms with Gasteiger partial charge in [-0.05, 0) is 19.1 Å². The average molecular weight is 280 g/mol. The zero-order chi connectivity index (χ0) is 13.3. The topological polar surface area (TPSA) is 38.9 Å². The predicted molar refractivity (Wildman–Crippen MR) is 80.5 cm³/mol. The first kappa shape index (κ1) is 13.7. The second-order valence-corrected chi connectivity index (χ2v) is 7.90. The van der Waals surface area contributed by atoms with Crippen LogP contribution in [-0.2, 0) is 11.8 Å². The summed E-state index contributed by atoms with van der Waals surface area (Å²) in [6, 6.07) is 4.33.